The summed E-state index contributed by atoms with van der Waals surface area (Å²) in [7, 11) is 1.53. The van der Waals surface area contributed by atoms with Crippen LogP contribution in [0.1, 0.15) is 40.2 Å². The number of likely N-dealkylation sites (tertiary alicyclic amines) is 1. The summed E-state index contributed by atoms with van der Waals surface area (Å²) < 4.78 is 21.5. The molecule has 0 aromatic heterocycles. The standard InChI is InChI=1S/C24H29NO8/c1-7-31-20(27)18-24(22(29)32-8-2)16(19(26)25(21(24)28)23(3,4)5)13-17(33-18)14-9-11-15(30-6)12-10-14/h9-13,16,18H,7-8H2,1-6H3/t16-,18+,24-/m0/s1. The van der Waals surface area contributed by atoms with Crippen LogP contribution in [0.5, 0.6) is 5.75 Å². The normalized spacial score (nSPS) is 24.5. The highest BCUT2D eigenvalue weighted by Gasteiger charge is 2.74. The van der Waals surface area contributed by atoms with Gasteiger partial charge in [0.15, 0.2) is 0 Å². The molecular weight excluding hydrogens is 430 g/mol. The van der Waals surface area contributed by atoms with Crippen LogP contribution in [0.3, 0.4) is 0 Å². The van der Waals surface area contributed by atoms with Crippen molar-refractivity contribution in [1.82, 2.24) is 4.90 Å². The topological polar surface area (TPSA) is 108 Å². The van der Waals surface area contributed by atoms with Crippen LogP contribution in [0, 0.1) is 11.3 Å². The van der Waals surface area contributed by atoms with E-state index in [2.05, 4.69) is 0 Å². The van der Waals surface area contributed by atoms with Gasteiger partial charge < -0.3 is 18.9 Å². The predicted octanol–water partition coefficient (Wildman–Crippen LogP) is 2.33. The Hall–Kier alpha value is -3.36. The molecule has 0 bridgehead atoms. The molecule has 2 amide bonds. The number of imide groups is 1. The van der Waals surface area contributed by atoms with Gasteiger partial charge in [0, 0.05) is 11.1 Å². The monoisotopic (exact) mass is 459 g/mol. The molecule has 33 heavy (non-hydrogen) atoms. The Kier molecular flexibility index (Phi) is 6.53. The Balaban J connectivity index is 2.26. The molecule has 1 fully saturated rings. The van der Waals surface area contributed by atoms with Gasteiger partial charge in [-0.2, -0.15) is 0 Å². The third kappa shape index (κ3) is 3.85. The summed E-state index contributed by atoms with van der Waals surface area (Å²) in [6, 6.07) is 6.75. The second-order valence-corrected chi connectivity index (χ2v) is 8.73. The quantitative estimate of drug-likeness (QED) is 0.362. The van der Waals surface area contributed by atoms with Gasteiger partial charge in [-0.1, -0.05) is 0 Å². The van der Waals surface area contributed by atoms with Crippen molar-refractivity contribution < 1.29 is 38.1 Å². The second-order valence-electron chi connectivity index (χ2n) is 8.73. The number of carbonyl (C=O) groups excluding carboxylic acids is 4. The largest absolute Gasteiger partial charge is 0.497 e. The van der Waals surface area contributed by atoms with Gasteiger partial charge in [0.05, 0.1) is 26.2 Å². The van der Waals surface area contributed by atoms with E-state index in [1.807, 2.05) is 0 Å². The van der Waals surface area contributed by atoms with Crippen molar-refractivity contribution in [2.24, 2.45) is 11.3 Å². The summed E-state index contributed by atoms with van der Waals surface area (Å²) in [6.45, 7) is 8.14. The summed E-state index contributed by atoms with van der Waals surface area (Å²) in [5.41, 5.74) is -2.63. The van der Waals surface area contributed by atoms with Gasteiger partial charge in [0.25, 0.3) is 5.91 Å². The first-order valence-corrected chi connectivity index (χ1v) is 10.8. The average molecular weight is 459 g/mol. The van der Waals surface area contributed by atoms with Gasteiger partial charge in [0.1, 0.15) is 11.5 Å². The van der Waals surface area contributed by atoms with Crippen LogP contribution in [-0.2, 0) is 33.4 Å². The lowest BCUT2D eigenvalue weighted by atomic mass is 9.70. The molecule has 2 aliphatic heterocycles. The van der Waals surface area contributed by atoms with E-state index in [1.165, 1.54) is 13.2 Å². The number of methoxy groups -OCH3 is 1. The van der Waals surface area contributed by atoms with Crippen molar-refractivity contribution in [2.75, 3.05) is 20.3 Å². The Morgan fingerprint density at radius 3 is 2.18 bits per heavy atom. The molecule has 9 nitrogen and oxygen atoms in total. The Morgan fingerprint density at radius 2 is 1.67 bits per heavy atom. The fraction of sp³-hybridized carbons (Fsp3) is 0.500. The predicted molar refractivity (Wildman–Crippen MR) is 117 cm³/mol. The van der Waals surface area contributed by atoms with Crippen LogP contribution in [0.15, 0.2) is 30.3 Å². The molecule has 1 saturated heterocycles. The molecule has 0 saturated carbocycles. The van der Waals surface area contributed by atoms with E-state index in [4.69, 9.17) is 18.9 Å². The smallest absolute Gasteiger partial charge is 0.349 e. The molecule has 0 N–H and O–H groups in total. The molecule has 3 rings (SSSR count). The number of nitrogens with zero attached hydrogens (tertiary/aromatic N) is 1. The number of amides is 2. The molecule has 0 radical (unpaired) electrons. The van der Waals surface area contributed by atoms with Crippen LogP contribution in [0.25, 0.3) is 5.76 Å². The third-order valence-electron chi connectivity index (χ3n) is 5.67. The number of esters is 2. The summed E-state index contributed by atoms with van der Waals surface area (Å²) in [6.07, 6.45) is -0.284. The molecule has 178 valence electrons. The highest BCUT2D eigenvalue weighted by molar-refractivity contribution is 6.21. The van der Waals surface area contributed by atoms with Crippen molar-refractivity contribution in [1.29, 1.82) is 0 Å². The molecule has 2 heterocycles. The van der Waals surface area contributed by atoms with Crippen LogP contribution >= 0.6 is 0 Å². The van der Waals surface area contributed by atoms with E-state index >= 15 is 0 Å². The maximum absolute atomic E-state index is 13.8. The molecule has 0 unspecified atom stereocenters. The molecule has 1 aromatic carbocycles. The maximum atomic E-state index is 13.8. The number of rotatable bonds is 6. The van der Waals surface area contributed by atoms with E-state index in [0.717, 1.165) is 4.90 Å². The zero-order chi connectivity index (χ0) is 24.6. The molecule has 9 heteroatoms. The number of hydrogen-bond acceptors (Lipinski definition) is 8. The van der Waals surface area contributed by atoms with Gasteiger partial charge in [-0.3, -0.25) is 19.3 Å². The zero-order valence-electron chi connectivity index (χ0n) is 19.7. The highest BCUT2D eigenvalue weighted by Crippen LogP contribution is 2.51. The first-order valence-electron chi connectivity index (χ1n) is 10.8. The fourth-order valence-corrected chi connectivity index (χ4v) is 4.22. The van der Waals surface area contributed by atoms with Crippen molar-refractivity contribution in [2.45, 2.75) is 46.3 Å². The molecular formula is C24H29NO8. The van der Waals surface area contributed by atoms with Crippen molar-refractivity contribution in [3.8, 4) is 5.75 Å². The number of benzene rings is 1. The van der Waals surface area contributed by atoms with Crippen LogP contribution < -0.4 is 4.74 Å². The SMILES string of the molecule is CCOC(=O)[C@H]1OC(c2ccc(OC)cc2)=C[C@H]2C(=O)N(C(C)(C)C)C(=O)[C@@]12C(=O)OCC. The van der Waals surface area contributed by atoms with E-state index in [0.29, 0.717) is 11.3 Å². The molecule has 0 aliphatic carbocycles. The lowest BCUT2D eigenvalue weighted by molar-refractivity contribution is -0.184. The van der Waals surface area contributed by atoms with Crippen molar-refractivity contribution >= 4 is 29.5 Å². The lowest BCUT2D eigenvalue weighted by Crippen LogP contribution is -2.59. The average Bonchev–Trinajstić information content (AvgIpc) is 3.01. The van der Waals surface area contributed by atoms with Crippen LogP contribution in [0.2, 0.25) is 0 Å². The summed E-state index contributed by atoms with van der Waals surface area (Å²) >= 11 is 0. The van der Waals surface area contributed by atoms with E-state index in [1.54, 1.807) is 58.9 Å². The second kappa shape index (κ2) is 8.88. The van der Waals surface area contributed by atoms with Gasteiger partial charge in [-0.05, 0) is 65.0 Å². The number of ether oxygens (including phenoxy) is 4. The summed E-state index contributed by atoms with van der Waals surface area (Å²) in [4.78, 5) is 54.7. The lowest BCUT2D eigenvalue weighted by Gasteiger charge is -2.38. The summed E-state index contributed by atoms with van der Waals surface area (Å²) in [5, 5.41) is 0. The van der Waals surface area contributed by atoms with Gasteiger partial charge in [0.2, 0.25) is 17.4 Å². The molecule has 0 spiro atoms. The zero-order valence-corrected chi connectivity index (χ0v) is 19.7. The maximum Gasteiger partial charge on any atom is 0.349 e. The minimum atomic E-state index is -2.22. The molecule has 3 atom stereocenters. The van der Waals surface area contributed by atoms with Crippen molar-refractivity contribution in [3.63, 3.8) is 0 Å². The fourth-order valence-electron chi connectivity index (χ4n) is 4.22. The first-order chi connectivity index (χ1) is 15.5. The minimum Gasteiger partial charge on any atom is -0.497 e. The number of hydrogen-bond donors (Lipinski definition) is 0. The number of fused-ring (bicyclic) bond motifs is 1. The first kappa shape index (κ1) is 24.3. The van der Waals surface area contributed by atoms with Crippen LogP contribution in [0.4, 0.5) is 0 Å². The van der Waals surface area contributed by atoms with Gasteiger partial charge in [-0.25, -0.2) is 4.79 Å². The Morgan fingerprint density at radius 1 is 1.06 bits per heavy atom. The molecule has 1 aromatic rings. The van der Waals surface area contributed by atoms with Gasteiger partial charge >= 0.3 is 11.9 Å². The van der Waals surface area contributed by atoms with Gasteiger partial charge in [-0.15, -0.1) is 0 Å². The summed E-state index contributed by atoms with van der Waals surface area (Å²) in [5.74, 6) is -3.89. The van der Waals surface area contributed by atoms with E-state index in [-0.39, 0.29) is 19.0 Å². The number of carbonyl (C=O) groups is 4. The Bertz CT molecular complexity index is 991. The highest BCUT2D eigenvalue weighted by atomic mass is 16.6. The minimum absolute atomic E-state index is 0.00499. The van der Waals surface area contributed by atoms with E-state index in [9.17, 15) is 19.2 Å². The van der Waals surface area contributed by atoms with E-state index < -0.39 is 46.7 Å². The molecule has 2 aliphatic rings. The Labute approximate surface area is 192 Å². The van der Waals surface area contributed by atoms with Crippen LogP contribution in [-0.4, -0.2) is 60.6 Å². The van der Waals surface area contributed by atoms with Crippen molar-refractivity contribution in [3.05, 3.63) is 35.9 Å². The third-order valence-corrected chi connectivity index (χ3v) is 5.67.